The maximum Gasteiger partial charge on any atom is 0.512 e. The van der Waals surface area contributed by atoms with Gasteiger partial charge in [-0.25, -0.2) is 33.7 Å². The monoisotopic (exact) mass is 671 g/mol. The molecule has 1 heterocycles. The summed E-state index contributed by atoms with van der Waals surface area (Å²) in [7, 11) is -26.4. The molecule has 1 rings (SSSR count). The van der Waals surface area contributed by atoms with Gasteiger partial charge in [0, 0.05) is 13.1 Å². The SMILES string of the molecule is CCN1C=CC=CC1.O=S(=O)(NS(=O)(=O)C(F)(F)F)C(F)(F)F.O=S(=O)(NS(=O)(=O)C(F)(F)F)C(F)(F)F. The second-order valence-corrected chi connectivity index (χ2v) is 13.0. The molecule has 11 nitrogen and oxygen atoms in total. The van der Waals surface area contributed by atoms with E-state index in [2.05, 4.69) is 36.3 Å². The van der Waals surface area contributed by atoms with E-state index in [1.165, 1.54) is 0 Å². The van der Waals surface area contributed by atoms with Crippen molar-refractivity contribution in [3.8, 4) is 0 Å². The number of nitrogens with zero attached hydrogens (tertiary/aromatic N) is 1. The van der Waals surface area contributed by atoms with E-state index in [1.54, 1.807) is 0 Å². The number of likely N-dealkylation sites (N-methyl/N-ethyl adjacent to an activating group) is 1. The van der Waals surface area contributed by atoms with Gasteiger partial charge in [-0.2, -0.15) is 52.7 Å². The number of nitrogens with one attached hydrogen (secondary N) is 2. The fraction of sp³-hybridized carbons (Fsp3) is 0.636. The van der Waals surface area contributed by atoms with Crippen molar-refractivity contribution in [2.45, 2.75) is 29.0 Å². The Bertz CT molecular complexity index is 1110. The molecule has 38 heavy (non-hydrogen) atoms. The van der Waals surface area contributed by atoms with Gasteiger partial charge in [-0.3, -0.25) is 0 Å². The predicted octanol–water partition coefficient (Wildman–Crippen LogP) is 1.94. The van der Waals surface area contributed by atoms with Crippen molar-refractivity contribution >= 4 is 40.1 Å². The fourth-order valence-electron chi connectivity index (χ4n) is 1.22. The molecule has 2 N–H and O–H groups in total. The van der Waals surface area contributed by atoms with Crippen molar-refractivity contribution in [3.63, 3.8) is 0 Å². The normalized spacial score (nSPS) is 15.8. The molecular weight excluding hydrogens is 658 g/mol. The number of alkyl halides is 12. The summed E-state index contributed by atoms with van der Waals surface area (Å²) in [6.45, 7) is 4.34. The molecule has 0 aromatic rings. The van der Waals surface area contributed by atoms with Gasteiger partial charge in [0.1, 0.15) is 0 Å². The Labute approximate surface area is 206 Å². The van der Waals surface area contributed by atoms with Crippen LogP contribution in [-0.4, -0.2) is 73.7 Å². The number of halogens is 12. The standard InChI is InChI=1S/C7H11N.2C2HF6NO4S2/c1-2-8-6-4-3-5-7-8;2*3-1(4,5)14(10,11)9-15(12,13)2(6,7)8/h3-6H,2,7H2,1H3;2*9H. The summed E-state index contributed by atoms with van der Waals surface area (Å²) in [5.74, 6) is 0. The Morgan fingerprint density at radius 3 is 0.974 bits per heavy atom. The number of hydrogen-bond acceptors (Lipinski definition) is 9. The van der Waals surface area contributed by atoms with Gasteiger partial charge < -0.3 is 4.90 Å². The van der Waals surface area contributed by atoms with Crippen LogP contribution in [0, 0.1) is 0 Å². The summed E-state index contributed by atoms with van der Waals surface area (Å²) in [5, 5.41) is 0. The highest BCUT2D eigenvalue weighted by atomic mass is 32.3. The molecule has 0 aromatic heterocycles. The molecule has 0 fully saturated rings. The van der Waals surface area contributed by atoms with Crippen LogP contribution in [0.4, 0.5) is 52.7 Å². The minimum Gasteiger partial charge on any atom is -0.374 e. The topological polar surface area (TPSA) is 164 Å². The first-order chi connectivity index (χ1) is 16.3. The first-order valence-electron chi connectivity index (χ1n) is 8.24. The molecule has 0 saturated heterocycles. The van der Waals surface area contributed by atoms with Crippen LogP contribution in [0.3, 0.4) is 0 Å². The molecule has 27 heteroatoms. The smallest absolute Gasteiger partial charge is 0.374 e. The van der Waals surface area contributed by atoms with Gasteiger partial charge in [-0.15, -0.1) is 0 Å². The molecule has 0 atom stereocenters. The van der Waals surface area contributed by atoms with Crippen molar-refractivity contribution in [1.82, 2.24) is 13.2 Å². The van der Waals surface area contributed by atoms with Crippen molar-refractivity contribution in [1.29, 1.82) is 0 Å². The van der Waals surface area contributed by atoms with Crippen LogP contribution >= 0.6 is 0 Å². The Hall–Kier alpha value is -1.84. The molecule has 0 bridgehead atoms. The summed E-state index contributed by atoms with van der Waals surface area (Å²) in [4.78, 5) is 2.25. The third-order valence-electron chi connectivity index (χ3n) is 2.95. The average Bonchev–Trinajstić information content (AvgIpc) is 2.64. The van der Waals surface area contributed by atoms with Crippen molar-refractivity contribution in [2.24, 2.45) is 0 Å². The lowest BCUT2D eigenvalue weighted by Crippen LogP contribution is -2.45. The first-order valence-corrected chi connectivity index (χ1v) is 14.2. The maximum atomic E-state index is 11.5. The molecule has 0 amide bonds. The van der Waals surface area contributed by atoms with Crippen molar-refractivity contribution < 1.29 is 86.4 Å². The van der Waals surface area contributed by atoms with Crippen LogP contribution in [0.2, 0.25) is 0 Å². The number of hydrogen-bond donors (Lipinski definition) is 2. The zero-order valence-corrected chi connectivity index (χ0v) is 20.9. The van der Waals surface area contributed by atoms with Crippen LogP contribution in [0.25, 0.3) is 0 Å². The zero-order valence-electron chi connectivity index (χ0n) is 17.6. The van der Waals surface area contributed by atoms with Crippen LogP contribution in [0.1, 0.15) is 6.92 Å². The van der Waals surface area contributed by atoms with E-state index in [9.17, 15) is 86.4 Å². The van der Waals surface area contributed by atoms with Crippen LogP contribution in [0.15, 0.2) is 24.4 Å². The molecule has 0 saturated carbocycles. The lowest BCUT2D eigenvalue weighted by molar-refractivity contribution is -0.0487. The van der Waals surface area contributed by atoms with Crippen molar-refractivity contribution in [2.75, 3.05) is 13.1 Å². The number of sulfonamides is 4. The highest BCUT2D eigenvalue weighted by Crippen LogP contribution is 2.28. The molecule has 0 spiro atoms. The quantitative estimate of drug-likeness (QED) is 0.416. The summed E-state index contributed by atoms with van der Waals surface area (Å²) < 4.78 is 217. The Balaban J connectivity index is 0. The Morgan fingerprint density at radius 1 is 0.579 bits per heavy atom. The minimum atomic E-state index is -6.60. The van der Waals surface area contributed by atoms with Gasteiger partial charge in [0.15, 0.2) is 0 Å². The van der Waals surface area contributed by atoms with Crippen LogP contribution in [0.5, 0.6) is 0 Å². The van der Waals surface area contributed by atoms with Gasteiger partial charge in [-0.05, 0) is 19.2 Å². The van der Waals surface area contributed by atoms with Crippen LogP contribution < -0.4 is 8.25 Å². The first kappa shape index (κ1) is 38.3. The Morgan fingerprint density at radius 2 is 0.842 bits per heavy atom. The summed E-state index contributed by atoms with van der Waals surface area (Å²) >= 11 is 0. The van der Waals surface area contributed by atoms with Crippen LogP contribution in [-0.2, 0) is 40.1 Å². The third kappa shape index (κ3) is 11.9. The number of allylic oxidation sites excluding steroid dienone is 2. The zero-order chi connectivity index (χ0) is 31.2. The molecule has 228 valence electrons. The van der Waals surface area contributed by atoms with Gasteiger partial charge in [0.2, 0.25) is 0 Å². The van der Waals surface area contributed by atoms with E-state index in [0.29, 0.717) is 0 Å². The average molecular weight is 671 g/mol. The molecule has 0 aliphatic carbocycles. The van der Waals surface area contributed by atoms with E-state index >= 15 is 0 Å². The highest BCUT2D eigenvalue weighted by molar-refractivity contribution is 8.06. The molecule has 0 aromatic carbocycles. The third-order valence-corrected chi connectivity index (χ3v) is 8.90. The second-order valence-electron chi connectivity index (χ2n) is 5.82. The van der Waals surface area contributed by atoms with Gasteiger partial charge >= 0.3 is 62.1 Å². The molecule has 1 aliphatic heterocycles. The van der Waals surface area contributed by atoms with E-state index in [-0.39, 0.29) is 0 Å². The Kier molecular flexibility index (Phi) is 12.7. The minimum absolute atomic E-state index is 0.493. The molecule has 0 unspecified atom stereocenters. The second kappa shape index (κ2) is 12.6. The lowest BCUT2D eigenvalue weighted by Gasteiger charge is -2.16. The van der Waals surface area contributed by atoms with Gasteiger partial charge in [0.05, 0.1) is 0 Å². The van der Waals surface area contributed by atoms with E-state index < -0.39 is 70.4 Å². The maximum absolute atomic E-state index is 11.5. The molecule has 0 radical (unpaired) electrons. The van der Waals surface area contributed by atoms with E-state index in [1.807, 2.05) is 0 Å². The predicted molar refractivity (Wildman–Crippen MR) is 102 cm³/mol. The number of rotatable bonds is 5. The molecular formula is C11H13F12N3O8S4. The highest BCUT2D eigenvalue weighted by Gasteiger charge is 2.56. The molecule has 1 aliphatic rings. The summed E-state index contributed by atoms with van der Waals surface area (Å²) in [6, 6.07) is 0. The largest absolute Gasteiger partial charge is 0.512 e. The fourth-order valence-corrected chi connectivity index (χ4v) is 5.04. The van der Waals surface area contributed by atoms with E-state index in [4.69, 9.17) is 0 Å². The lowest BCUT2D eigenvalue weighted by atomic mass is 10.3. The van der Waals surface area contributed by atoms with Gasteiger partial charge in [0.25, 0.3) is 0 Å². The summed E-state index contributed by atoms with van der Waals surface area (Å²) in [6.07, 6.45) is 8.41. The van der Waals surface area contributed by atoms with Gasteiger partial charge in [-0.1, -0.05) is 20.4 Å². The van der Waals surface area contributed by atoms with Crippen molar-refractivity contribution in [3.05, 3.63) is 24.4 Å². The van der Waals surface area contributed by atoms with E-state index in [0.717, 1.165) is 13.1 Å². The summed E-state index contributed by atoms with van der Waals surface area (Å²) in [5.41, 5.74) is -24.6.